The molecule has 0 spiro atoms. The minimum absolute atomic E-state index is 0.0949. The molecule has 7 heteroatoms. The number of hydrogen-bond donors (Lipinski definition) is 1. The molecule has 1 saturated heterocycles. The van der Waals surface area contributed by atoms with Gasteiger partial charge < -0.3 is 5.11 Å². The lowest BCUT2D eigenvalue weighted by Gasteiger charge is -2.46. The fraction of sp³-hybridized carbons (Fsp3) is 0.500. The molecular weight excluding hydrogens is 306 g/mol. The van der Waals surface area contributed by atoms with Gasteiger partial charge in [-0.2, -0.15) is 0 Å². The van der Waals surface area contributed by atoms with Crippen LogP contribution in [0.15, 0.2) is 11.3 Å². The van der Waals surface area contributed by atoms with Crippen molar-refractivity contribution in [2.24, 2.45) is 0 Å². The summed E-state index contributed by atoms with van der Waals surface area (Å²) in [6, 6.07) is 0. The molecule has 2 aliphatic rings. The summed E-state index contributed by atoms with van der Waals surface area (Å²) >= 11 is 10.5. The second-order valence-corrected chi connectivity index (χ2v) is 5.34. The maximum absolute atomic E-state index is 11.4. The van der Waals surface area contributed by atoms with Gasteiger partial charge in [-0.25, -0.2) is 4.79 Å². The number of carbonyl (C=O) groups excluding carboxylic acids is 1. The largest absolute Gasteiger partial charge is 0.477 e. The number of amides is 1. The first-order chi connectivity index (χ1) is 7.07. The number of nitrogens with zero attached hydrogens (tertiary/aromatic N) is 1. The van der Waals surface area contributed by atoms with E-state index in [1.807, 2.05) is 0 Å². The standard InChI is InChI=1S/C8H7BrClNO3S/c9-1-3-2-15-7-4(10)6(12)11(7)5(3)8(13)14/h4,7H,1-2H2,(H,13,14)/t4-,7+/m0/s1. The van der Waals surface area contributed by atoms with E-state index in [0.717, 1.165) is 5.57 Å². The van der Waals surface area contributed by atoms with Crippen LogP contribution in [0.3, 0.4) is 0 Å². The molecule has 1 fully saturated rings. The number of carboxylic acids is 1. The molecule has 1 N–H and O–H groups in total. The molecule has 0 aromatic heterocycles. The molecular formula is C8H7BrClNO3S. The molecule has 2 heterocycles. The predicted molar refractivity (Wildman–Crippen MR) is 61.2 cm³/mol. The zero-order chi connectivity index (χ0) is 11.2. The van der Waals surface area contributed by atoms with Crippen molar-refractivity contribution in [2.75, 3.05) is 11.1 Å². The van der Waals surface area contributed by atoms with Gasteiger partial charge in [-0.05, 0) is 5.57 Å². The maximum atomic E-state index is 11.4. The van der Waals surface area contributed by atoms with Crippen LogP contribution in [0.5, 0.6) is 0 Å². The fourth-order valence-corrected chi connectivity index (χ4v) is 4.02. The Hall–Kier alpha value is -0.200. The van der Waals surface area contributed by atoms with Gasteiger partial charge in [0.25, 0.3) is 0 Å². The monoisotopic (exact) mass is 311 g/mol. The van der Waals surface area contributed by atoms with E-state index in [-0.39, 0.29) is 17.0 Å². The zero-order valence-corrected chi connectivity index (χ0v) is 10.6. The van der Waals surface area contributed by atoms with Crippen molar-refractivity contribution in [2.45, 2.75) is 10.8 Å². The molecule has 0 aliphatic carbocycles. The lowest BCUT2D eigenvalue weighted by atomic mass is 10.1. The number of halogens is 2. The lowest BCUT2D eigenvalue weighted by Crippen LogP contribution is -2.62. The number of carboxylic acid groups (broad SMARTS) is 1. The van der Waals surface area contributed by atoms with E-state index in [1.165, 1.54) is 16.7 Å². The molecule has 0 aromatic carbocycles. The first kappa shape index (κ1) is 11.3. The minimum Gasteiger partial charge on any atom is -0.477 e. The lowest BCUT2D eigenvalue weighted by molar-refractivity contribution is -0.145. The Labute approximate surface area is 104 Å². The predicted octanol–water partition coefficient (Wildman–Crippen LogP) is 1.24. The summed E-state index contributed by atoms with van der Waals surface area (Å²) in [4.78, 5) is 23.8. The van der Waals surface area contributed by atoms with Gasteiger partial charge in [0, 0.05) is 11.1 Å². The van der Waals surface area contributed by atoms with E-state index in [1.54, 1.807) is 0 Å². The number of carbonyl (C=O) groups is 2. The van der Waals surface area contributed by atoms with Crippen molar-refractivity contribution in [1.29, 1.82) is 0 Å². The van der Waals surface area contributed by atoms with Gasteiger partial charge in [0.1, 0.15) is 16.4 Å². The third-order valence-electron chi connectivity index (χ3n) is 2.35. The third-order valence-corrected chi connectivity index (χ3v) is 4.94. The topological polar surface area (TPSA) is 57.6 Å². The number of hydrogen-bond acceptors (Lipinski definition) is 3. The SMILES string of the molecule is O=C(O)C1=C(CBr)CS[C@@H]2[C@@H](Cl)C(=O)N12. The maximum Gasteiger partial charge on any atom is 0.352 e. The summed E-state index contributed by atoms with van der Waals surface area (Å²) in [6.45, 7) is 0. The summed E-state index contributed by atoms with van der Waals surface area (Å²) < 4.78 is 0. The smallest absolute Gasteiger partial charge is 0.352 e. The second kappa shape index (κ2) is 3.99. The highest BCUT2D eigenvalue weighted by atomic mass is 79.9. The highest BCUT2D eigenvalue weighted by Crippen LogP contribution is 2.42. The van der Waals surface area contributed by atoms with Crippen LogP contribution in [0.2, 0.25) is 0 Å². The Morgan fingerprint density at radius 1 is 1.73 bits per heavy atom. The van der Waals surface area contributed by atoms with Gasteiger partial charge in [0.05, 0.1) is 0 Å². The van der Waals surface area contributed by atoms with Gasteiger partial charge in [0.15, 0.2) is 0 Å². The van der Waals surface area contributed by atoms with Crippen LogP contribution in [-0.4, -0.2) is 43.7 Å². The number of rotatable bonds is 2. The third kappa shape index (κ3) is 1.59. The molecule has 0 bridgehead atoms. The highest BCUT2D eigenvalue weighted by Gasteiger charge is 2.52. The van der Waals surface area contributed by atoms with Crippen LogP contribution in [0, 0.1) is 0 Å². The molecule has 0 aromatic rings. The van der Waals surface area contributed by atoms with Crippen molar-refractivity contribution >= 4 is 51.2 Å². The first-order valence-electron chi connectivity index (χ1n) is 4.18. The summed E-state index contributed by atoms with van der Waals surface area (Å²) in [6.07, 6.45) is 0. The Morgan fingerprint density at radius 2 is 2.40 bits per heavy atom. The summed E-state index contributed by atoms with van der Waals surface area (Å²) in [5.74, 6) is -0.777. The Kier molecular flexibility index (Phi) is 3.00. The number of aliphatic carboxylic acids is 1. The Balaban J connectivity index is 2.38. The molecule has 2 aliphatic heterocycles. The average molecular weight is 313 g/mol. The van der Waals surface area contributed by atoms with Crippen molar-refractivity contribution in [3.05, 3.63) is 11.3 Å². The van der Waals surface area contributed by atoms with Crippen LogP contribution in [-0.2, 0) is 9.59 Å². The molecule has 2 rings (SSSR count). The van der Waals surface area contributed by atoms with Crippen LogP contribution >= 0.6 is 39.3 Å². The quantitative estimate of drug-likeness (QED) is 0.616. The molecule has 82 valence electrons. The van der Waals surface area contributed by atoms with Gasteiger partial charge in [-0.1, -0.05) is 15.9 Å². The number of fused-ring (bicyclic) bond motifs is 1. The second-order valence-electron chi connectivity index (χ2n) is 3.20. The molecule has 4 nitrogen and oxygen atoms in total. The van der Waals surface area contributed by atoms with Crippen LogP contribution in [0.25, 0.3) is 0 Å². The van der Waals surface area contributed by atoms with Crippen LogP contribution < -0.4 is 0 Å². The van der Waals surface area contributed by atoms with Crippen molar-refractivity contribution in [3.63, 3.8) is 0 Å². The van der Waals surface area contributed by atoms with E-state index in [4.69, 9.17) is 16.7 Å². The fourth-order valence-electron chi connectivity index (χ4n) is 1.61. The van der Waals surface area contributed by atoms with Crippen LogP contribution in [0.4, 0.5) is 0 Å². The van der Waals surface area contributed by atoms with Crippen LogP contribution in [0.1, 0.15) is 0 Å². The summed E-state index contributed by atoms with van der Waals surface area (Å²) in [5, 5.41) is 8.71. The van der Waals surface area contributed by atoms with E-state index in [2.05, 4.69) is 15.9 Å². The number of thioether (sulfide) groups is 1. The molecule has 1 amide bonds. The molecule has 15 heavy (non-hydrogen) atoms. The van der Waals surface area contributed by atoms with Crippen molar-refractivity contribution < 1.29 is 14.7 Å². The van der Waals surface area contributed by atoms with Crippen molar-refractivity contribution in [1.82, 2.24) is 4.90 Å². The average Bonchev–Trinajstić information content (AvgIpc) is 2.25. The van der Waals surface area contributed by atoms with E-state index in [9.17, 15) is 9.59 Å². The first-order valence-corrected chi connectivity index (χ1v) is 6.78. The number of alkyl halides is 2. The molecule has 0 unspecified atom stereocenters. The number of β-lactam (4-membered cyclic amide) rings is 1. The summed E-state index contributed by atoms with van der Waals surface area (Å²) in [5.41, 5.74) is 0.818. The van der Waals surface area contributed by atoms with Gasteiger partial charge >= 0.3 is 5.97 Å². The summed E-state index contributed by atoms with van der Waals surface area (Å²) in [7, 11) is 0. The molecule has 2 atom stereocenters. The van der Waals surface area contributed by atoms with Gasteiger partial charge in [0.2, 0.25) is 5.91 Å². The van der Waals surface area contributed by atoms with Gasteiger partial charge in [-0.3, -0.25) is 9.69 Å². The Bertz CT molecular complexity index is 373. The minimum atomic E-state index is -1.06. The zero-order valence-electron chi connectivity index (χ0n) is 7.44. The van der Waals surface area contributed by atoms with E-state index < -0.39 is 11.3 Å². The Morgan fingerprint density at radius 3 is 2.93 bits per heavy atom. The normalized spacial score (nSPS) is 30.0. The van der Waals surface area contributed by atoms with Gasteiger partial charge in [-0.15, -0.1) is 23.4 Å². The molecule has 0 saturated carbocycles. The molecule has 0 radical (unpaired) electrons. The van der Waals surface area contributed by atoms with E-state index >= 15 is 0 Å². The van der Waals surface area contributed by atoms with E-state index in [0.29, 0.717) is 11.1 Å². The highest BCUT2D eigenvalue weighted by molar-refractivity contribution is 9.09. The van der Waals surface area contributed by atoms with Crippen molar-refractivity contribution in [3.8, 4) is 0 Å².